The van der Waals surface area contributed by atoms with E-state index in [9.17, 15) is 4.79 Å². The minimum atomic E-state index is -0.259. The van der Waals surface area contributed by atoms with E-state index in [1.165, 1.54) is 11.1 Å². The summed E-state index contributed by atoms with van der Waals surface area (Å²) in [5.74, 6) is 0.747. The van der Waals surface area contributed by atoms with E-state index in [-0.39, 0.29) is 5.91 Å². The Labute approximate surface area is 153 Å². The third kappa shape index (κ3) is 3.83. The van der Waals surface area contributed by atoms with Gasteiger partial charge in [0.1, 0.15) is 11.6 Å². The summed E-state index contributed by atoms with van der Waals surface area (Å²) >= 11 is 0. The van der Waals surface area contributed by atoms with Crippen LogP contribution in [0.3, 0.4) is 0 Å². The van der Waals surface area contributed by atoms with E-state index >= 15 is 0 Å². The Kier molecular flexibility index (Phi) is 5.17. The first-order valence-corrected chi connectivity index (χ1v) is 8.32. The molecule has 0 aliphatic carbocycles. The fourth-order valence-corrected chi connectivity index (χ4v) is 2.71. The molecule has 0 unspecified atom stereocenters. The van der Waals surface area contributed by atoms with Gasteiger partial charge in [0, 0.05) is 5.69 Å². The Morgan fingerprint density at radius 3 is 2.35 bits per heavy atom. The van der Waals surface area contributed by atoms with Crippen LogP contribution in [0, 0.1) is 13.8 Å². The lowest BCUT2D eigenvalue weighted by molar-refractivity contribution is 0.102. The lowest BCUT2D eigenvalue weighted by atomic mass is 10.1. The van der Waals surface area contributed by atoms with Gasteiger partial charge in [-0.05, 0) is 49.2 Å². The molecule has 0 saturated heterocycles. The molecule has 26 heavy (non-hydrogen) atoms. The van der Waals surface area contributed by atoms with Crippen LogP contribution in [0.25, 0.3) is 0 Å². The molecular weight excluding hydrogens is 326 g/mol. The molecule has 132 valence electrons. The predicted octanol–water partition coefficient (Wildman–Crippen LogP) is 4.70. The van der Waals surface area contributed by atoms with Crippen molar-refractivity contribution in [1.82, 2.24) is 4.98 Å². The van der Waals surface area contributed by atoms with Gasteiger partial charge in [-0.3, -0.25) is 4.79 Å². The van der Waals surface area contributed by atoms with Gasteiger partial charge in [0.15, 0.2) is 0 Å². The van der Waals surface area contributed by atoms with Gasteiger partial charge >= 0.3 is 0 Å². The van der Waals surface area contributed by atoms with Gasteiger partial charge in [-0.15, -0.1) is 0 Å². The molecule has 0 atom stereocenters. The summed E-state index contributed by atoms with van der Waals surface area (Å²) in [5, 5.41) is 6.16. The highest BCUT2D eigenvalue weighted by Crippen LogP contribution is 2.24. The number of aromatic nitrogens is 1. The lowest BCUT2D eigenvalue weighted by Gasteiger charge is -2.13. The molecule has 0 fully saturated rings. The average molecular weight is 347 g/mol. The number of rotatable bonds is 5. The Morgan fingerprint density at radius 2 is 1.69 bits per heavy atom. The number of hydrogen-bond donors (Lipinski definition) is 2. The molecule has 0 radical (unpaired) electrons. The van der Waals surface area contributed by atoms with Crippen molar-refractivity contribution >= 4 is 23.1 Å². The summed E-state index contributed by atoms with van der Waals surface area (Å²) in [6.45, 7) is 4.12. The number of hydrogen-bond acceptors (Lipinski definition) is 4. The molecule has 1 aromatic heterocycles. The number of para-hydroxylation sites is 2. The Bertz CT molecular complexity index is 901. The van der Waals surface area contributed by atoms with Crippen LogP contribution in [0.15, 0.2) is 60.8 Å². The van der Waals surface area contributed by atoms with Crippen LogP contribution in [-0.4, -0.2) is 18.0 Å². The van der Waals surface area contributed by atoms with Gasteiger partial charge < -0.3 is 15.4 Å². The van der Waals surface area contributed by atoms with Crippen molar-refractivity contribution in [3.8, 4) is 5.75 Å². The number of amides is 1. The fourth-order valence-electron chi connectivity index (χ4n) is 2.71. The number of benzene rings is 2. The van der Waals surface area contributed by atoms with E-state index < -0.39 is 0 Å². The van der Waals surface area contributed by atoms with Gasteiger partial charge in [-0.2, -0.15) is 0 Å². The number of nitrogens with one attached hydrogen (secondary N) is 2. The maximum absolute atomic E-state index is 12.4. The quantitative estimate of drug-likeness (QED) is 0.702. The van der Waals surface area contributed by atoms with Crippen molar-refractivity contribution in [3.05, 3.63) is 77.5 Å². The van der Waals surface area contributed by atoms with E-state index in [4.69, 9.17) is 4.74 Å². The number of carbonyl (C=O) groups excluding carboxylic acids is 1. The second-order valence-electron chi connectivity index (χ2n) is 5.98. The normalized spacial score (nSPS) is 10.3. The first-order valence-electron chi connectivity index (χ1n) is 8.32. The summed E-state index contributed by atoms with van der Waals surface area (Å²) in [5.41, 5.74) is 4.73. The summed E-state index contributed by atoms with van der Waals surface area (Å²) in [6.07, 6.45) is 1.70. The van der Waals surface area contributed by atoms with E-state index in [0.29, 0.717) is 17.1 Å². The highest BCUT2D eigenvalue weighted by Gasteiger charge is 2.12. The number of anilines is 3. The zero-order chi connectivity index (χ0) is 18.5. The van der Waals surface area contributed by atoms with Crippen molar-refractivity contribution in [2.75, 3.05) is 17.7 Å². The van der Waals surface area contributed by atoms with Crippen LogP contribution in [0.2, 0.25) is 0 Å². The number of pyridine rings is 1. The fraction of sp³-hybridized carbons (Fsp3) is 0.143. The monoisotopic (exact) mass is 347 g/mol. The van der Waals surface area contributed by atoms with Crippen molar-refractivity contribution < 1.29 is 9.53 Å². The molecule has 5 heteroatoms. The van der Waals surface area contributed by atoms with Gasteiger partial charge in [0.2, 0.25) is 0 Å². The maximum Gasteiger partial charge on any atom is 0.260 e. The highest BCUT2D eigenvalue weighted by molar-refractivity contribution is 6.05. The van der Waals surface area contributed by atoms with Crippen LogP contribution in [0.1, 0.15) is 21.5 Å². The van der Waals surface area contributed by atoms with Crippen molar-refractivity contribution in [3.63, 3.8) is 0 Å². The lowest BCUT2D eigenvalue weighted by Crippen LogP contribution is -2.14. The van der Waals surface area contributed by atoms with Gasteiger partial charge in [0.05, 0.1) is 24.6 Å². The molecule has 3 rings (SSSR count). The minimum absolute atomic E-state index is 0.259. The van der Waals surface area contributed by atoms with Gasteiger partial charge in [-0.1, -0.05) is 30.3 Å². The average Bonchev–Trinajstić information content (AvgIpc) is 2.66. The molecule has 1 amide bonds. The molecule has 5 nitrogen and oxygen atoms in total. The molecule has 0 aliphatic heterocycles. The molecule has 0 bridgehead atoms. The van der Waals surface area contributed by atoms with Gasteiger partial charge in [0.25, 0.3) is 5.91 Å². The third-order valence-corrected chi connectivity index (χ3v) is 4.11. The zero-order valence-electron chi connectivity index (χ0n) is 15.0. The SMILES string of the molecule is COc1ccccc1C(=O)Nc1ccc(Nc2c(C)cccc2C)cn1. The van der Waals surface area contributed by atoms with Crippen LogP contribution >= 0.6 is 0 Å². The number of nitrogens with zero attached hydrogens (tertiary/aromatic N) is 1. The molecule has 0 saturated carbocycles. The van der Waals surface area contributed by atoms with E-state index in [0.717, 1.165) is 11.4 Å². The topological polar surface area (TPSA) is 63.2 Å². The molecule has 0 aliphatic rings. The summed E-state index contributed by atoms with van der Waals surface area (Å²) in [7, 11) is 1.54. The Morgan fingerprint density at radius 1 is 0.962 bits per heavy atom. The molecule has 0 spiro atoms. The number of carbonyl (C=O) groups is 1. The molecule has 2 aromatic carbocycles. The van der Waals surface area contributed by atoms with Crippen LogP contribution in [0.4, 0.5) is 17.2 Å². The molecular formula is C21H21N3O2. The van der Waals surface area contributed by atoms with Crippen LogP contribution in [0.5, 0.6) is 5.75 Å². The van der Waals surface area contributed by atoms with Gasteiger partial charge in [-0.25, -0.2) is 4.98 Å². The second kappa shape index (κ2) is 7.70. The highest BCUT2D eigenvalue weighted by atomic mass is 16.5. The Hall–Kier alpha value is -3.34. The largest absolute Gasteiger partial charge is 0.496 e. The first kappa shape index (κ1) is 17.5. The first-order chi connectivity index (χ1) is 12.6. The second-order valence-corrected chi connectivity index (χ2v) is 5.98. The molecule has 1 heterocycles. The standard InChI is InChI=1S/C21H21N3O2/c1-14-7-6-8-15(2)20(14)23-16-11-12-19(22-13-16)24-21(25)17-9-4-5-10-18(17)26-3/h4-13,23H,1-3H3,(H,22,24,25). The summed E-state index contributed by atoms with van der Waals surface area (Å²) < 4.78 is 5.22. The smallest absolute Gasteiger partial charge is 0.260 e. The summed E-state index contributed by atoms with van der Waals surface area (Å²) in [6, 6.07) is 16.9. The number of ether oxygens (including phenoxy) is 1. The van der Waals surface area contributed by atoms with Crippen molar-refractivity contribution in [2.24, 2.45) is 0 Å². The van der Waals surface area contributed by atoms with Crippen molar-refractivity contribution in [2.45, 2.75) is 13.8 Å². The predicted molar refractivity (Wildman–Crippen MR) is 104 cm³/mol. The number of aryl methyl sites for hydroxylation is 2. The molecule has 2 N–H and O–H groups in total. The minimum Gasteiger partial charge on any atom is -0.496 e. The molecule has 3 aromatic rings. The Balaban J connectivity index is 1.73. The maximum atomic E-state index is 12.4. The van der Waals surface area contributed by atoms with E-state index in [1.54, 1.807) is 37.6 Å². The number of methoxy groups -OCH3 is 1. The van der Waals surface area contributed by atoms with Crippen molar-refractivity contribution in [1.29, 1.82) is 0 Å². The van der Waals surface area contributed by atoms with Crippen LogP contribution < -0.4 is 15.4 Å². The zero-order valence-corrected chi connectivity index (χ0v) is 15.0. The van der Waals surface area contributed by atoms with Crippen LogP contribution in [-0.2, 0) is 0 Å². The third-order valence-electron chi connectivity index (χ3n) is 4.11. The van der Waals surface area contributed by atoms with E-state index in [2.05, 4.69) is 41.6 Å². The van der Waals surface area contributed by atoms with E-state index in [1.807, 2.05) is 18.2 Å². The summed E-state index contributed by atoms with van der Waals surface area (Å²) in [4.78, 5) is 16.7.